The fourth-order valence-electron chi connectivity index (χ4n) is 1.17. The molecule has 2 unspecified atom stereocenters. The topological polar surface area (TPSA) is 66.5 Å². The molecule has 0 radical (unpaired) electrons. The monoisotopic (exact) mass is 227 g/mol. The first-order valence-corrected chi connectivity index (χ1v) is 5.94. The van der Waals surface area contributed by atoms with E-state index in [-0.39, 0.29) is 6.61 Å². The van der Waals surface area contributed by atoms with Gasteiger partial charge in [0, 0.05) is 16.7 Å². The molecule has 4 heteroatoms. The normalized spacial score (nSPS) is 14.9. The number of thioether (sulfide) groups is 1. The Kier molecular flexibility index (Phi) is 4.94. The highest BCUT2D eigenvalue weighted by Gasteiger charge is 2.09. The maximum atomic E-state index is 9.21. The molecule has 4 N–H and O–H groups in total. The van der Waals surface area contributed by atoms with Crippen molar-refractivity contribution < 1.29 is 10.2 Å². The van der Waals surface area contributed by atoms with E-state index in [1.165, 1.54) is 5.56 Å². The first-order chi connectivity index (χ1) is 7.13. The van der Waals surface area contributed by atoms with Crippen molar-refractivity contribution in [3.63, 3.8) is 0 Å². The van der Waals surface area contributed by atoms with Crippen LogP contribution in [0.3, 0.4) is 0 Å². The summed E-state index contributed by atoms with van der Waals surface area (Å²) in [7, 11) is 0. The third-order valence-corrected chi connectivity index (χ3v) is 3.50. The molecule has 2 atom stereocenters. The van der Waals surface area contributed by atoms with Gasteiger partial charge in [0.2, 0.25) is 0 Å². The van der Waals surface area contributed by atoms with Gasteiger partial charge >= 0.3 is 0 Å². The number of anilines is 1. The summed E-state index contributed by atoms with van der Waals surface area (Å²) in [6, 6.07) is 7.71. The van der Waals surface area contributed by atoms with Crippen LogP contribution in [0, 0.1) is 0 Å². The maximum absolute atomic E-state index is 9.21. The van der Waals surface area contributed by atoms with Crippen molar-refractivity contribution in [2.24, 2.45) is 0 Å². The average Bonchev–Trinajstić information content (AvgIpc) is 2.26. The average molecular weight is 227 g/mol. The van der Waals surface area contributed by atoms with Gasteiger partial charge in [-0.2, -0.15) is 11.8 Å². The van der Waals surface area contributed by atoms with Crippen LogP contribution >= 0.6 is 11.8 Å². The van der Waals surface area contributed by atoms with Crippen LogP contribution in [0.25, 0.3) is 0 Å². The van der Waals surface area contributed by atoms with Crippen molar-refractivity contribution in [1.82, 2.24) is 0 Å². The zero-order valence-electron chi connectivity index (χ0n) is 8.76. The predicted molar refractivity (Wildman–Crippen MR) is 64.8 cm³/mol. The highest BCUT2D eigenvalue weighted by molar-refractivity contribution is 7.99. The lowest BCUT2D eigenvalue weighted by molar-refractivity contribution is 0.113. The Morgan fingerprint density at radius 3 is 2.47 bits per heavy atom. The number of hydrogen-bond donors (Lipinski definition) is 3. The van der Waals surface area contributed by atoms with E-state index in [0.29, 0.717) is 11.0 Å². The molecule has 1 aromatic carbocycles. The summed E-state index contributed by atoms with van der Waals surface area (Å²) >= 11 is 1.62. The van der Waals surface area contributed by atoms with Crippen molar-refractivity contribution in [2.75, 3.05) is 18.1 Å². The Morgan fingerprint density at radius 1 is 1.33 bits per heavy atom. The van der Waals surface area contributed by atoms with E-state index in [0.717, 1.165) is 5.69 Å². The zero-order valence-corrected chi connectivity index (χ0v) is 9.57. The fourth-order valence-corrected chi connectivity index (χ4v) is 2.14. The fraction of sp³-hybridized carbons (Fsp3) is 0.455. The van der Waals surface area contributed by atoms with Crippen molar-refractivity contribution in [3.8, 4) is 0 Å². The van der Waals surface area contributed by atoms with E-state index in [2.05, 4.69) is 6.92 Å². The molecule has 0 aliphatic heterocycles. The lowest BCUT2D eigenvalue weighted by Gasteiger charge is -2.13. The van der Waals surface area contributed by atoms with Crippen LogP contribution in [0.15, 0.2) is 24.3 Å². The molecule has 0 spiro atoms. The van der Waals surface area contributed by atoms with Crippen LogP contribution in [-0.4, -0.2) is 28.7 Å². The van der Waals surface area contributed by atoms with Crippen LogP contribution < -0.4 is 5.73 Å². The molecule has 1 rings (SSSR count). The number of aliphatic hydroxyl groups excluding tert-OH is 2. The third kappa shape index (κ3) is 4.11. The molecule has 0 heterocycles. The molecule has 0 aromatic heterocycles. The highest BCUT2D eigenvalue weighted by atomic mass is 32.2. The molecule has 0 fully saturated rings. The molecule has 0 aliphatic rings. The molecule has 0 bridgehead atoms. The number of aliphatic hydroxyl groups is 2. The second-order valence-electron chi connectivity index (χ2n) is 3.48. The molecule has 3 nitrogen and oxygen atoms in total. The summed E-state index contributed by atoms with van der Waals surface area (Å²) < 4.78 is 0. The van der Waals surface area contributed by atoms with E-state index < -0.39 is 6.10 Å². The van der Waals surface area contributed by atoms with Crippen molar-refractivity contribution >= 4 is 17.4 Å². The van der Waals surface area contributed by atoms with E-state index in [1.807, 2.05) is 24.3 Å². The zero-order chi connectivity index (χ0) is 11.3. The van der Waals surface area contributed by atoms with Gasteiger partial charge in [0.1, 0.15) is 0 Å². The summed E-state index contributed by atoms with van der Waals surface area (Å²) in [5.74, 6) is 0.544. The molecule has 15 heavy (non-hydrogen) atoms. The summed E-state index contributed by atoms with van der Waals surface area (Å²) in [4.78, 5) is 0. The third-order valence-electron chi connectivity index (χ3n) is 2.16. The van der Waals surface area contributed by atoms with E-state index in [1.54, 1.807) is 11.8 Å². The Labute approximate surface area is 94.3 Å². The Hall–Kier alpha value is -0.710. The molecule has 0 amide bonds. The minimum absolute atomic E-state index is 0.179. The van der Waals surface area contributed by atoms with Gasteiger partial charge in [-0.05, 0) is 24.6 Å². The lowest BCUT2D eigenvalue weighted by Crippen LogP contribution is -2.15. The van der Waals surface area contributed by atoms with Gasteiger partial charge in [0.05, 0.1) is 12.7 Å². The van der Waals surface area contributed by atoms with Gasteiger partial charge in [-0.25, -0.2) is 0 Å². The van der Waals surface area contributed by atoms with E-state index in [4.69, 9.17) is 10.8 Å². The van der Waals surface area contributed by atoms with Gasteiger partial charge in [-0.3, -0.25) is 0 Å². The summed E-state index contributed by atoms with van der Waals surface area (Å²) in [6.45, 7) is 1.89. The second kappa shape index (κ2) is 6.00. The minimum Gasteiger partial charge on any atom is -0.399 e. The van der Waals surface area contributed by atoms with Gasteiger partial charge in [0.25, 0.3) is 0 Å². The smallest absolute Gasteiger partial charge is 0.0861 e. The van der Waals surface area contributed by atoms with Crippen LogP contribution in [0.1, 0.15) is 17.7 Å². The number of rotatable bonds is 5. The molecule has 0 saturated carbocycles. The number of nitrogens with two attached hydrogens (primary N) is 1. The molecular weight excluding hydrogens is 210 g/mol. The predicted octanol–water partition coefficient (Wildman–Crippen LogP) is 1.42. The quantitative estimate of drug-likeness (QED) is 0.665. The van der Waals surface area contributed by atoms with Gasteiger partial charge in [-0.1, -0.05) is 12.1 Å². The number of benzene rings is 1. The number of hydrogen-bond acceptors (Lipinski definition) is 4. The molecule has 0 saturated heterocycles. The largest absolute Gasteiger partial charge is 0.399 e. The van der Waals surface area contributed by atoms with Crippen LogP contribution in [0.5, 0.6) is 0 Å². The molecule has 84 valence electrons. The molecular formula is C11H17NO2S. The summed E-state index contributed by atoms with van der Waals surface area (Å²) in [5, 5.41) is 18.2. The van der Waals surface area contributed by atoms with Crippen LogP contribution in [-0.2, 0) is 0 Å². The first-order valence-electron chi connectivity index (χ1n) is 4.89. The van der Waals surface area contributed by atoms with E-state index >= 15 is 0 Å². The van der Waals surface area contributed by atoms with Crippen molar-refractivity contribution in [3.05, 3.63) is 29.8 Å². The first kappa shape index (κ1) is 12.4. The highest BCUT2D eigenvalue weighted by Crippen LogP contribution is 2.28. The lowest BCUT2D eigenvalue weighted by atomic mass is 10.1. The van der Waals surface area contributed by atoms with Crippen LogP contribution in [0.4, 0.5) is 5.69 Å². The Morgan fingerprint density at radius 2 is 1.93 bits per heavy atom. The Bertz CT molecular complexity index is 289. The summed E-state index contributed by atoms with van der Waals surface area (Å²) in [6.07, 6.45) is -0.633. The van der Waals surface area contributed by atoms with Crippen molar-refractivity contribution in [2.45, 2.75) is 18.3 Å². The second-order valence-corrected chi connectivity index (χ2v) is 4.85. The van der Waals surface area contributed by atoms with Crippen LogP contribution in [0.2, 0.25) is 0 Å². The van der Waals surface area contributed by atoms with Crippen molar-refractivity contribution in [1.29, 1.82) is 0 Å². The number of nitrogen functional groups attached to an aromatic ring is 1. The van der Waals surface area contributed by atoms with Gasteiger partial charge in [-0.15, -0.1) is 0 Å². The van der Waals surface area contributed by atoms with Gasteiger partial charge < -0.3 is 15.9 Å². The summed E-state index contributed by atoms with van der Waals surface area (Å²) in [5.41, 5.74) is 7.53. The molecule has 0 aliphatic carbocycles. The SMILES string of the molecule is CC(SCC(O)CO)c1ccc(N)cc1. The van der Waals surface area contributed by atoms with Gasteiger partial charge in [0.15, 0.2) is 0 Å². The maximum Gasteiger partial charge on any atom is 0.0861 e. The minimum atomic E-state index is -0.633. The molecule has 1 aromatic rings. The standard InChI is InChI=1S/C11H17NO2S/c1-8(15-7-11(14)6-13)9-2-4-10(12)5-3-9/h2-5,8,11,13-14H,6-7,12H2,1H3. The Balaban J connectivity index is 2.46. The van der Waals surface area contributed by atoms with E-state index in [9.17, 15) is 5.11 Å².